The molecule has 1 unspecified atom stereocenters. The number of phenolic OH excluding ortho intramolecular Hbond substituents is 2. The van der Waals surface area contributed by atoms with E-state index in [1.165, 1.54) is 12.1 Å². The van der Waals surface area contributed by atoms with E-state index in [-0.39, 0.29) is 47.7 Å². The average molecular weight is 463 g/mol. The molecule has 5 N–H and O–H groups in total. The number of fused-ring (bicyclic) bond motifs is 1. The molecule has 3 rings (SSSR count). The maximum absolute atomic E-state index is 10.2. The summed E-state index contributed by atoms with van der Waals surface area (Å²) < 4.78 is 2.06. The van der Waals surface area contributed by atoms with Gasteiger partial charge >= 0.3 is 0 Å². The van der Waals surface area contributed by atoms with Gasteiger partial charge in [-0.2, -0.15) is 10.1 Å². The van der Waals surface area contributed by atoms with Crippen LogP contribution in [0.5, 0.6) is 11.5 Å². The Kier molecular flexibility index (Phi) is 7.30. The van der Waals surface area contributed by atoms with Crippen molar-refractivity contribution in [3.05, 3.63) is 28.4 Å². The van der Waals surface area contributed by atoms with Crippen molar-refractivity contribution in [1.82, 2.24) is 19.7 Å². The number of nitrogens with zero attached hydrogens (tertiary/aromatic N) is 4. The van der Waals surface area contributed by atoms with Gasteiger partial charge in [-0.15, -0.1) is 5.10 Å². The predicted octanol–water partition coefficient (Wildman–Crippen LogP) is 4.34. The number of anilines is 2. The molecule has 0 spiro atoms. The van der Waals surface area contributed by atoms with E-state index in [2.05, 4.69) is 53.1 Å². The average Bonchev–Trinajstić information content (AvgIpc) is 3.18. The van der Waals surface area contributed by atoms with E-state index in [4.69, 9.17) is 16.6 Å². The van der Waals surface area contributed by atoms with E-state index >= 15 is 0 Å². The van der Waals surface area contributed by atoms with Crippen molar-refractivity contribution in [2.24, 2.45) is 0 Å². The highest BCUT2D eigenvalue weighted by atomic mass is 35.5. The zero-order chi connectivity index (χ0) is 23.6. The Labute approximate surface area is 192 Å². The molecule has 1 atom stereocenters. The number of hydrogen-bond donors (Lipinski definition) is 5. The number of nitrogens with one attached hydrogen (secondary N) is 2. The van der Waals surface area contributed by atoms with Gasteiger partial charge < -0.3 is 30.5 Å². The van der Waals surface area contributed by atoms with Gasteiger partial charge in [0.1, 0.15) is 11.5 Å². The molecular formula is C22H31ClN6O3. The Morgan fingerprint density at radius 1 is 1.09 bits per heavy atom. The predicted molar refractivity (Wildman–Crippen MR) is 126 cm³/mol. The molecule has 0 amide bonds. The molecule has 2 aliphatic heterocycles. The lowest BCUT2D eigenvalue weighted by molar-refractivity contribution is 0.271. The number of phenols is 2. The number of aliphatic hydroxyl groups excluding tert-OH is 1. The fraction of sp³-hybridized carbons (Fsp3) is 0.500. The summed E-state index contributed by atoms with van der Waals surface area (Å²) in [6, 6.07) is 2.62. The number of aromatic hydroxyl groups is 2. The second-order valence-electron chi connectivity index (χ2n) is 8.40. The van der Waals surface area contributed by atoms with Crippen molar-refractivity contribution >= 4 is 23.4 Å². The largest absolute Gasteiger partial charge is 0.508 e. The maximum Gasteiger partial charge on any atom is 0.205 e. The van der Waals surface area contributed by atoms with Crippen molar-refractivity contribution in [3.63, 3.8) is 0 Å². The van der Waals surface area contributed by atoms with Gasteiger partial charge in [0.25, 0.3) is 0 Å². The Morgan fingerprint density at radius 2 is 1.81 bits per heavy atom. The normalized spacial score (nSPS) is 12.7. The zero-order valence-corrected chi connectivity index (χ0v) is 19.8. The van der Waals surface area contributed by atoms with E-state index < -0.39 is 0 Å². The molecule has 32 heavy (non-hydrogen) atoms. The standard InChI is InChI=1S/C22H31ClN6O3/c1-6-14(10-30)25-22-26-21(24-9-13-7-17(32)15(23)8-16(13)31)19-20(29(22)12(4)5)18(11(2)3)27-28-19/h7-8,11-12,14,24,30-32H,6,9-10H2,1-5H3,(H,25,26). The number of benzene rings is 1. The van der Waals surface area contributed by atoms with E-state index in [0.29, 0.717) is 23.0 Å². The highest BCUT2D eigenvalue weighted by Gasteiger charge is 2.28. The van der Waals surface area contributed by atoms with Crippen LogP contribution in [0.2, 0.25) is 5.02 Å². The molecule has 0 saturated heterocycles. The Bertz CT molecular complexity index is 1050. The number of halogens is 1. The summed E-state index contributed by atoms with van der Waals surface area (Å²) in [4.78, 5) is 4.77. The van der Waals surface area contributed by atoms with E-state index in [1.807, 2.05) is 6.92 Å². The molecule has 1 aromatic carbocycles. The molecule has 0 aromatic heterocycles. The Hall–Kier alpha value is -2.78. The number of aromatic nitrogens is 4. The van der Waals surface area contributed by atoms with Gasteiger partial charge in [-0.3, -0.25) is 0 Å². The number of hydrogen-bond acceptors (Lipinski definition) is 8. The van der Waals surface area contributed by atoms with Crippen molar-refractivity contribution in [1.29, 1.82) is 0 Å². The summed E-state index contributed by atoms with van der Waals surface area (Å²) in [5.74, 6) is 1.07. The minimum Gasteiger partial charge on any atom is -0.508 e. The van der Waals surface area contributed by atoms with Crippen LogP contribution >= 0.6 is 11.6 Å². The second kappa shape index (κ2) is 9.79. The van der Waals surface area contributed by atoms with Gasteiger partial charge in [-0.25, -0.2) is 0 Å². The highest BCUT2D eigenvalue weighted by Crippen LogP contribution is 2.38. The number of rotatable bonds is 9. The smallest absolute Gasteiger partial charge is 0.205 e. The summed E-state index contributed by atoms with van der Waals surface area (Å²) in [5.41, 5.74) is 2.79. The molecule has 0 radical (unpaired) electrons. The first-order valence-electron chi connectivity index (χ1n) is 10.8. The van der Waals surface area contributed by atoms with Gasteiger partial charge in [0.15, 0.2) is 11.5 Å². The number of aliphatic hydroxyl groups is 1. The van der Waals surface area contributed by atoms with E-state index in [1.54, 1.807) is 0 Å². The van der Waals surface area contributed by atoms with Crippen LogP contribution in [0, 0.1) is 0 Å². The topological polar surface area (TPSA) is 128 Å². The van der Waals surface area contributed by atoms with Crippen molar-refractivity contribution in [2.45, 2.75) is 65.6 Å². The molecule has 2 heterocycles. The van der Waals surface area contributed by atoms with Gasteiger partial charge in [-0.1, -0.05) is 32.4 Å². The van der Waals surface area contributed by atoms with Gasteiger partial charge in [0, 0.05) is 24.2 Å². The lowest BCUT2D eigenvalue weighted by Gasteiger charge is -2.26. The minimum atomic E-state index is -0.159. The van der Waals surface area contributed by atoms with Crippen LogP contribution in [-0.4, -0.2) is 47.7 Å². The lowest BCUT2D eigenvalue weighted by Crippen LogP contribution is -2.27. The summed E-state index contributed by atoms with van der Waals surface area (Å²) in [6.07, 6.45) is 0.726. The molecule has 10 heteroatoms. The summed E-state index contributed by atoms with van der Waals surface area (Å²) in [6.45, 7) is 10.4. The summed E-state index contributed by atoms with van der Waals surface area (Å²) in [5, 5.41) is 45.3. The molecule has 0 bridgehead atoms. The fourth-order valence-corrected chi connectivity index (χ4v) is 3.68. The molecule has 0 aliphatic carbocycles. The Balaban J connectivity index is 2.10. The van der Waals surface area contributed by atoms with Crippen LogP contribution in [0.3, 0.4) is 0 Å². The molecular weight excluding hydrogens is 432 g/mol. The first-order chi connectivity index (χ1) is 15.2. The Morgan fingerprint density at radius 3 is 2.41 bits per heavy atom. The SMILES string of the molecule is CCC(CO)Nc1nc(NCc2cc(O)c(Cl)cc2O)c2nnc(C(C)C)c-2n1C(C)C. The third-order valence-electron chi connectivity index (χ3n) is 5.34. The van der Waals surface area contributed by atoms with Crippen LogP contribution < -0.4 is 10.6 Å². The highest BCUT2D eigenvalue weighted by molar-refractivity contribution is 6.32. The second-order valence-corrected chi connectivity index (χ2v) is 8.81. The third-order valence-corrected chi connectivity index (χ3v) is 5.64. The van der Waals surface area contributed by atoms with Gasteiger partial charge in [-0.05, 0) is 32.3 Å². The van der Waals surface area contributed by atoms with Crippen LogP contribution in [0.15, 0.2) is 12.1 Å². The molecule has 174 valence electrons. The van der Waals surface area contributed by atoms with Gasteiger partial charge in [0.05, 0.1) is 29.1 Å². The fourth-order valence-electron chi connectivity index (χ4n) is 3.53. The monoisotopic (exact) mass is 462 g/mol. The van der Waals surface area contributed by atoms with Crippen molar-refractivity contribution in [3.8, 4) is 22.9 Å². The van der Waals surface area contributed by atoms with Gasteiger partial charge in [0.2, 0.25) is 5.95 Å². The minimum absolute atomic E-state index is 0.0243. The first-order valence-corrected chi connectivity index (χ1v) is 11.2. The summed E-state index contributed by atoms with van der Waals surface area (Å²) in [7, 11) is 0. The molecule has 9 nitrogen and oxygen atoms in total. The van der Waals surface area contributed by atoms with E-state index in [0.717, 1.165) is 17.8 Å². The third kappa shape index (κ3) is 4.68. The van der Waals surface area contributed by atoms with Crippen LogP contribution in [-0.2, 0) is 6.54 Å². The van der Waals surface area contributed by atoms with Crippen molar-refractivity contribution < 1.29 is 15.3 Å². The maximum atomic E-state index is 10.2. The van der Waals surface area contributed by atoms with Crippen LogP contribution in [0.4, 0.5) is 11.8 Å². The molecule has 2 aliphatic rings. The molecule has 0 fully saturated rings. The van der Waals surface area contributed by atoms with Crippen LogP contribution in [0.25, 0.3) is 11.4 Å². The molecule has 0 saturated carbocycles. The van der Waals surface area contributed by atoms with Crippen LogP contribution in [0.1, 0.15) is 64.3 Å². The zero-order valence-electron chi connectivity index (χ0n) is 19.0. The van der Waals surface area contributed by atoms with E-state index in [9.17, 15) is 15.3 Å². The first kappa shape index (κ1) is 23.9. The quantitative estimate of drug-likeness (QED) is 0.297. The van der Waals surface area contributed by atoms with Crippen molar-refractivity contribution in [2.75, 3.05) is 17.2 Å². The molecule has 1 aromatic rings. The lowest BCUT2D eigenvalue weighted by atomic mass is 10.1. The summed E-state index contributed by atoms with van der Waals surface area (Å²) >= 11 is 5.86.